The molecule has 0 unspecified atom stereocenters. The van der Waals surface area contributed by atoms with Gasteiger partial charge in [0.15, 0.2) is 23.2 Å². The SMILES string of the molecule is COc1ccc([C@@H]2C[C@H](C(F)(F)F)n3nc(C(=O)Nc4cc(Cl)ccc4Cl)cc3N2)cc1OC. The topological polar surface area (TPSA) is 77.4 Å². The number of amides is 1. The summed E-state index contributed by atoms with van der Waals surface area (Å²) in [5, 5.41) is 10.1. The molecule has 0 saturated carbocycles. The van der Waals surface area contributed by atoms with Crippen LogP contribution in [0.5, 0.6) is 11.5 Å². The van der Waals surface area contributed by atoms with Crippen LogP contribution in [0, 0.1) is 0 Å². The maximum Gasteiger partial charge on any atom is 0.410 e. The van der Waals surface area contributed by atoms with Gasteiger partial charge < -0.3 is 20.1 Å². The molecule has 3 aromatic rings. The molecule has 2 aromatic carbocycles. The van der Waals surface area contributed by atoms with Gasteiger partial charge in [0.1, 0.15) is 5.82 Å². The summed E-state index contributed by atoms with van der Waals surface area (Å²) in [5.41, 5.74) is 0.575. The van der Waals surface area contributed by atoms with Gasteiger partial charge in [-0.05, 0) is 35.9 Å². The van der Waals surface area contributed by atoms with Gasteiger partial charge in [-0.1, -0.05) is 29.3 Å². The zero-order valence-corrected chi connectivity index (χ0v) is 19.4. The lowest BCUT2D eigenvalue weighted by Gasteiger charge is -2.33. The first-order chi connectivity index (χ1) is 16.1. The van der Waals surface area contributed by atoms with Crippen molar-refractivity contribution in [1.82, 2.24) is 9.78 Å². The van der Waals surface area contributed by atoms with E-state index in [4.69, 9.17) is 32.7 Å². The lowest BCUT2D eigenvalue weighted by molar-refractivity contribution is -0.173. The van der Waals surface area contributed by atoms with E-state index in [1.54, 1.807) is 24.3 Å². The van der Waals surface area contributed by atoms with E-state index in [1.165, 1.54) is 32.4 Å². The highest BCUT2D eigenvalue weighted by atomic mass is 35.5. The van der Waals surface area contributed by atoms with Gasteiger partial charge in [-0.2, -0.15) is 18.3 Å². The lowest BCUT2D eigenvalue weighted by atomic mass is 9.96. The molecular formula is C22H19Cl2F3N4O3. The van der Waals surface area contributed by atoms with Crippen molar-refractivity contribution in [3.8, 4) is 11.5 Å². The molecule has 0 saturated heterocycles. The molecule has 1 aliphatic rings. The van der Waals surface area contributed by atoms with Crippen molar-refractivity contribution >= 4 is 40.6 Å². The highest BCUT2D eigenvalue weighted by molar-refractivity contribution is 6.35. The quantitative estimate of drug-likeness (QED) is 0.428. The van der Waals surface area contributed by atoms with E-state index in [9.17, 15) is 18.0 Å². The summed E-state index contributed by atoms with van der Waals surface area (Å²) in [7, 11) is 2.92. The smallest absolute Gasteiger partial charge is 0.410 e. The third-order valence-corrected chi connectivity index (χ3v) is 5.97. The molecule has 0 spiro atoms. The molecule has 2 atom stereocenters. The van der Waals surface area contributed by atoms with Crippen molar-refractivity contribution in [3.05, 3.63) is 63.8 Å². The number of rotatable bonds is 5. The molecule has 0 fully saturated rings. The molecule has 0 radical (unpaired) electrons. The maximum atomic E-state index is 14.0. The number of ether oxygens (including phenoxy) is 2. The fraction of sp³-hybridized carbons (Fsp3) is 0.273. The maximum absolute atomic E-state index is 14.0. The van der Waals surface area contributed by atoms with E-state index < -0.39 is 24.2 Å². The Balaban J connectivity index is 1.66. The first-order valence-electron chi connectivity index (χ1n) is 10.0. The van der Waals surface area contributed by atoms with Crippen LogP contribution in [0.4, 0.5) is 24.7 Å². The third kappa shape index (κ3) is 4.74. The number of carbonyl (C=O) groups excluding carboxylic acids is 1. The van der Waals surface area contributed by atoms with Crippen LogP contribution in [-0.2, 0) is 0 Å². The van der Waals surface area contributed by atoms with Crippen LogP contribution in [0.1, 0.15) is 34.6 Å². The van der Waals surface area contributed by atoms with Gasteiger partial charge in [0.25, 0.3) is 5.91 Å². The van der Waals surface area contributed by atoms with Gasteiger partial charge in [-0.15, -0.1) is 0 Å². The fourth-order valence-electron chi connectivity index (χ4n) is 3.75. The van der Waals surface area contributed by atoms with Crippen LogP contribution < -0.4 is 20.1 Å². The normalized spacial score (nSPS) is 17.5. The van der Waals surface area contributed by atoms with Crippen molar-refractivity contribution in [2.24, 2.45) is 0 Å². The van der Waals surface area contributed by atoms with E-state index in [-0.39, 0.29) is 28.6 Å². The van der Waals surface area contributed by atoms with Crippen LogP contribution >= 0.6 is 23.2 Å². The number of fused-ring (bicyclic) bond motifs is 1. The molecule has 1 aliphatic heterocycles. The predicted octanol–water partition coefficient (Wildman–Crippen LogP) is 6.12. The van der Waals surface area contributed by atoms with Crippen LogP contribution in [-0.4, -0.2) is 36.1 Å². The first kappa shape index (κ1) is 24.0. The fourth-order valence-corrected chi connectivity index (χ4v) is 4.09. The molecule has 7 nitrogen and oxygen atoms in total. The summed E-state index contributed by atoms with van der Waals surface area (Å²) in [5.74, 6) is 0.174. The van der Waals surface area contributed by atoms with Gasteiger partial charge in [0.2, 0.25) is 0 Å². The highest BCUT2D eigenvalue weighted by Gasteiger charge is 2.47. The Kier molecular flexibility index (Phi) is 6.55. The Morgan fingerprint density at radius 3 is 2.53 bits per heavy atom. The number of aromatic nitrogens is 2. The molecule has 2 N–H and O–H groups in total. The summed E-state index contributed by atoms with van der Waals surface area (Å²) in [6.45, 7) is 0. The summed E-state index contributed by atoms with van der Waals surface area (Å²) in [6.07, 6.45) is -4.93. The van der Waals surface area contributed by atoms with Crippen LogP contribution in [0.15, 0.2) is 42.5 Å². The van der Waals surface area contributed by atoms with Gasteiger partial charge in [0.05, 0.1) is 31.0 Å². The zero-order chi connectivity index (χ0) is 24.6. The Morgan fingerprint density at radius 2 is 1.85 bits per heavy atom. The lowest BCUT2D eigenvalue weighted by Crippen LogP contribution is -2.35. The number of hydrogen-bond acceptors (Lipinski definition) is 5. The molecular weight excluding hydrogens is 496 g/mol. The largest absolute Gasteiger partial charge is 0.493 e. The molecule has 2 heterocycles. The number of anilines is 2. The Morgan fingerprint density at radius 1 is 1.12 bits per heavy atom. The van der Waals surface area contributed by atoms with Crippen molar-refractivity contribution in [2.75, 3.05) is 24.9 Å². The standard InChI is InChI=1S/C22H19Cl2F3N4O3/c1-33-17-6-3-11(7-18(17)34-2)14-9-19(22(25,26)27)31-20(28-14)10-16(30-31)21(32)29-15-8-12(23)4-5-13(15)24/h3-8,10,14,19,28H,9H2,1-2H3,(H,29,32)/t14-,19+/m0/s1. The minimum Gasteiger partial charge on any atom is -0.493 e. The highest BCUT2D eigenvalue weighted by Crippen LogP contribution is 2.44. The summed E-state index contributed by atoms with van der Waals surface area (Å²) < 4.78 is 53.1. The van der Waals surface area contributed by atoms with Gasteiger partial charge in [0, 0.05) is 17.5 Å². The Hall–Kier alpha value is -3.11. The summed E-state index contributed by atoms with van der Waals surface area (Å²) in [4.78, 5) is 12.7. The average Bonchev–Trinajstić information content (AvgIpc) is 3.24. The predicted molar refractivity (Wildman–Crippen MR) is 122 cm³/mol. The zero-order valence-electron chi connectivity index (χ0n) is 17.9. The van der Waals surface area contributed by atoms with Crippen molar-refractivity contribution in [1.29, 1.82) is 0 Å². The third-order valence-electron chi connectivity index (χ3n) is 5.41. The van der Waals surface area contributed by atoms with Crippen LogP contribution in [0.25, 0.3) is 0 Å². The second kappa shape index (κ2) is 9.27. The van der Waals surface area contributed by atoms with Gasteiger partial charge in [-0.25, -0.2) is 4.68 Å². The Bertz CT molecular complexity index is 1230. The average molecular weight is 515 g/mol. The van der Waals surface area contributed by atoms with Crippen molar-refractivity contribution in [2.45, 2.75) is 24.7 Å². The molecule has 0 bridgehead atoms. The second-order valence-electron chi connectivity index (χ2n) is 7.54. The number of nitrogens with one attached hydrogen (secondary N) is 2. The Labute approximate surface area is 202 Å². The van der Waals surface area contributed by atoms with Crippen molar-refractivity contribution in [3.63, 3.8) is 0 Å². The van der Waals surface area contributed by atoms with E-state index in [0.717, 1.165) is 4.68 Å². The van der Waals surface area contributed by atoms with E-state index in [1.807, 2.05) is 0 Å². The number of nitrogens with zero attached hydrogens (tertiary/aromatic N) is 2. The van der Waals surface area contributed by atoms with Crippen LogP contribution in [0.2, 0.25) is 10.0 Å². The number of halogens is 5. The number of alkyl halides is 3. The summed E-state index contributed by atoms with van der Waals surface area (Å²) >= 11 is 12.0. The van der Waals surface area contributed by atoms with E-state index in [2.05, 4.69) is 15.7 Å². The van der Waals surface area contributed by atoms with Gasteiger partial charge >= 0.3 is 6.18 Å². The molecule has 0 aliphatic carbocycles. The number of carbonyl (C=O) groups is 1. The number of benzene rings is 2. The molecule has 180 valence electrons. The van der Waals surface area contributed by atoms with Crippen molar-refractivity contribution < 1.29 is 27.4 Å². The second-order valence-corrected chi connectivity index (χ2v) is 8.39. The summed E-state index contributed by atoms with van der Waals surface area (Å²) in [6, 6.07) is 7.97. The molecule has 4 rings (SSSR count). The van der Waals surface area contributed by atoms with Crippen LogP contribution in [0.3, 0.4) is 0 Å². The van der Waals surface area contributed by atoms with E-state index in [0.29, 0.717) is 22.1 Å². The number of methoxy groups -OCH3 is 2. The minimum atomic E-state index is -4.60. The molecule has 1 aromatic heterocycles. The molecule has 1 amide bonds. The monoisotopic (exact) mass is 514 g/mol. The molecule has 34 heavy (non-hydrogen) atoms. The van der Waals surface area contributed by atoms with E-state index >= 15 is 0 Å². The first-order valence-corrected chi connectivity index (χ1v) is 10.8. The number of hydrogen-bond donors (Lipinski definition) is 2. The molecule has 12 heteroatoms. The minimum absolute atomic E-state index is 0.0516. The van der Waals surface area contributed by atoms with Gasteiger partial charge in [-0.3, -0.25) is 4.79 Å².